The summed E-state index contributed by atoms with van der Waals surface area (Å²) in [6.07, 6.45) is 1.82. The van der Waals surface area contributed by atoms with Crippen molar-refractivity contribution in [1.82, 2.24) is 15.2 Å². The SMILES string of the molecule is CC[C@]1(c2ccc(OC)cc2)NC(=O)N(CC(=O)Nc2cccnc2Cl)C1=O. The lowest BCUT2D eigenvalue weighted by Crippen LogP contribution is -2.44. The molecule has 9 heteroatoms. The first-order valence-electron chi connectivity index (χ1n) is 8.60. The first-order valence-corrected chi connectivity index (χ1v) is 8.98. The fraction of sp³-hybridized carbons (Fsp3) is 0.263. The van der Waals surface area contributed by atoms with Gasteiger partial charge in [0.2, 0.25) is 5.91 Å². The number of hydrogen-bond acceptors (Lipinski definition) is 5. The summed E-state index contributed by atoms with van der Waals surface area (Å²) in [6.45, 7) is 1.36. The van der Waals surface area contributed by atoms with Crippen molar-refractivity contribution in [2.45, 2.75) is 18.9 Å². The molecule has 0 saturated carbocycles. The van der Waals surface area contributed by atoms with E-state index in [0.29, 0.717) is 23.4 Å². The molecule has 0 unspecified atom stereocenters. The highest BCUT2D eigenvalue weighted by molar-refractivity contribution is 6.32. The van der Waals surface area contributed by atoms with E-state index < -0.39 is 29.9 Å². The number of hydrogen-bond donors (Lipinski definition) is 2. The number of ether oxygens (including phenoxy) is 1. The molecular weight excluding hydrogens is 384 g/mol. The van der Waals surface area contributed by atoms with Gasteiger partial charge in [0.05, 0.1) is 12.8 Å². The van der Waals surface area contributed by atoms with Gasteiger partial charge in [-0.25, -0.2) is 9.78 Å². The molecule has 28 heavy (non-hydrogen) atoms. The number of imide groups is 1. The van der Waals surface area contributed by atoms with E-state index >= 15 is 0 Å². The molecule has 1 aromatic carbocycles. The van der Waals surface area contributed by atoms with E-state index in [9.17, 15) is 14.4 Å². The van der Waals surface area contributed by atoms with Crippen LogP contribution in [0.4, 0.5) is 10.5 Å². The van der Waals surface area contributed by atoms with E-state index in [1.165, 1.54) is 6.20 Å². The smallest absolute Gasteiger partial charge is 0.325 e. The van der Waals surface area contributed by atoms with Gasteiger partial charge in [-0.3, -0.25) is 14.5 Å². The maximum absolute atomic E-state index is 13.1. The largest absolute Gasteiger partial charge is 0.497 e. The second kappa shape index (κ2) is 7.85. The quantitative estimate of drug-likeness (QED) is 0.571. The Kier molecular flexibility index (Phi) is 5.51. The van der Waals surface area contributed by atoms with Gasteiger partial charge in [0.15, 0.2) is 5.15 Å². The van der Waals surface area contributed by atoms with Gasteiger partial charge >= 0.3 is 6.03 Å². The van der Waals surface area contributed by atoms with Crippen LogP contribution in [0.25, 0.3) is 0 Å². The molecule has 1 fully saturated rings. The van der Waals surface area contributed by atoms with E-state index in [2.05, 4.69) is 15.6 Å². The third-order valence-electron chi connectivity index (χ3n) is 4.62. The number of nitrogens with zero attached hydrogens (tertiary/aromatic N) is 2. The Balaban J connectivity index is 1.79. The summed E-state index contributed by atoms with van der Waals surface area (Å²) in [5.74, 6) is -0.408. The number of amides is 4. The average molecular weight is 403 g/mol. The molecule has 0 spiro atoms. The molecule has 1 atom stereocenters. The zero-order valence-electron chi connectivity index (χ0n) is 15.4. The predicted octanol–water partition coefficient (Wildman–Crippen LogP) is 2.54. The number of carbonyl (C=O) groups excluding carboxylic acids is 3. The topological polar surface area (TPSA) is 101 Å². The number of halogens is 1. The number of anilines is 1. The van der Waals surface area contributed by atoms with Crippen LogP contribution in [-0.4, -0.2) is 41.4 Å². The Bertz CT molecular complexity index is 918. The molecule has 2 aromatic rings. The monoisotopic (exact) mass is 402 g/mol. The zero-order valence-corrected chi connectivity index (χ0v) is 16.1. The number of methoxy groups -OCH3 is 1. The highest BCUT2D eigenvalue weighted by Crippen LogP contribution is 2.33. The molecule has 0 aliphatic carbocycles. The van der Waals surface area contributed by atoms with Gasteiger partial charge in [-0.05, 0) is 36.2 Å². The fourth-order valence-corrected chi connectivity index (χ4v) is 3.26. The predicted molar refractivity (Wildman–Crippen MR) is 103 cm³/mol. The van der Waals surface area contributed by atoms with Crippen LogP contribution < -0.4 is 15.4 Å². The Hall–Kier alpha value is -3.13. The normalized spacial score (nSPS) is 18.8. The lowest BCUT2D eigenvalue weighted by molar-refractivity contribution is -0.134. The maximum atomic E-state index is 13.1. The van der Waals surface area contributed by atoms with Crippen LogP contribution in [0.1, 0.15) is 18.9 Å². The summed E-state index contributed by atoms with van der Waals surface area (Å²) in [4.78, 5) is 42.6. The molecular formula is C19H19ClN4O4. The second-order valence-electron chi connectivity index (χ2n) is 6.20. The lowest BCUT2D eigenvalue weighted by Gasteiger charge is -2.26. The third kappa shape index (κ3) is 3.50. The minimum atomic E-state index is -1.23. The Morgan fingerprint density at radius 3 is 2.61 bits per heavy atom. The lowest BCUT2D eigenvalue weighted by atomic mass is 9.87. The standard InChI is InChI=1S/C19H19ClN4O4/c1-3-19(12-6-8-13(28-2)9-7-12)17(26)24(18(27)23-19)11-15(25)22-14-5-4-10-21-16(14)20/h4-10H,3,11H2,1-2H3,(H,22,25)(H,23,27)/t19-/m1/s1. The summed E-state index contributed by atoms with van der Waals surface area (Å²) in [6, 6.07) is 9.43. The molecule has 0 bridgehead atoms. The zero-order chi connectivity index (χ0) is 20.3. The number of nitrogens with one attached hydrogen (secondary N) is 2. The van der Waals surface area contributed by atoms with Crippen molar-refractivity contribution in [3.63, 3.8) is 0 Å². The molecule has 1 aliphatic heterocycles. The van der Waals surface area contributed by atoms with Crippen LogP contribution >= 0.6 is 11.6 Å². The Morgan fingerprint density at radius 1 is 1.29 bits per heavy atom. The first-order chi connectivity index (χ1) is 13.4. The Morgan fingerprint density at radius 2 is 2.00 bits per heavy atom. The molecule has 0 radical (unpaired) electrons. The van der Waals surface area contributed by atoms with Gasteiger partial charge in [-0.1, -0.05) is 30.7 Å². The van der Waals surface area contributed by atoms with Crippen LogP contribution in [-0.2, 0) is 15.1 Å². The average Bonchev–Trinajstić information content (AvgIpc) is 2.95. The molecule has 146 valence electrons. The van der Waals surface area contributed by atoms with Crippen molar-refractivity contribution in [2.24, 2.45) is 0 Å². The van der Waals surface area contributed by atoms with Crippen molar-refractivity contribution in [3.8, 4) is 5.75 Å². The van der Waals surface area contributed by atoms with Crippen LogP contribution in [0.15, 0.2) is 42.6 Å². The Labute approximate surface area is 166 Å². The van der Waals surface area contributed by atoms with Crippen LogP contribution in [0.3, 0.4) is 0 Å². The number of rotatable bonds is 6. The molecule has 8 nitrogen and oxygen atoms in total. The summed E-state index contributed by atoms with van der Waals surface area (Å²) in [5, 5.41) is 5.40. The van der Waals surface area contributed by atoms with E-state index in [4.69, 9.17) is 16.3 Å². The fourth-order valence-electron chi connectivity index (χ4n) is 3.10. The summed E-state index contributed by atoms with van der Waals surface area (Å²) in [7, 11) is 1.54. The number of benzene rings is 1. The highest BCUT2D eigenvalue weighted by atomic mass is 35.5. The molecule has 2 N–H and O–H groups in total. The van der Waals surface area contributed by atoms with Gasteiger partial charge in [0, 0.05) is 6.20 Å². The van der Waals surface area contributed by atoms with Crippen molar-refractivity contribution in [2.75, 3.05) is 19.0 Å². The molecule has 1 aliphatic rings. The van der Waals surface area contributed by atoms with Gasteiger partial charge in [-0.15, -0.1) is 0 Å². The number of pyridine rings is 1. The maximum Gasteiger partial charge on any atom is 0.325 e. The van der Waals surface area contributed by atoms with Crippen LogP contribution in [0.2, 0.25) is 5.15 Å². The van der Waals surface area contributed by atoms with Gasteiger partial charge in [-0.2, -0.15) is 0 Å². The van der Waals surface area contributed by atoms with Crippen molar-refractivity contribution in [1.29, 1.82) is 0 Å². The summed E-state index contributed by atoms with van der Waals surface area (Å²) in [5.41, 5.74) is -0.305. The minimum Gasteiger partial charge on any atom is -0.497 e. The summed E-state index contributed by atoms with van der Waals surface area (Å²) >= 11 is 5.92. The highest BCUT2D eigenvalue weighted by Gasteiger charge is 2.51. The molecule has 1 aromatic heterocycles. The van der Waals surface area contributed by atoms with Crippen LogP contribution in [0, 0.1) is 0 Å². The van der Waals surface area contributed by atoms with E-state index in [1.54, 1.807) is 50.4 Å². The van der Waals surface area contributed by atoms with Crippen molar-refractivity contribution in [3.05, 3.63) is 53.3 Å². The van der Waals surface area contributed by atoms with Crippen molar-refractivity contribution < 1.29 is 19.1 Å². The van der Waals surface area contributed by atoms with Gasteiger partial charge in [0.25, 0.3) is 5.91 Å². The number of urea groups is 1. The van der Waals surface area contributed by atoms with Crippen LogP contribution in [0.5, 0.6) is 5.75 Å². The first kappa shape index (κ1) is 19.6. The minimum absolute atomic E-state index is 0.120. The van der Waals surface area contributed by atoms with Gasteiger partial charge < -0.3 is 15.4 Å². The molecule has 2 heterocycles. The van der Waals surface area contributed by atoms with E-state index in [0.717, 1.165) is 4.90 Å². The molecule has 3 rings (SSSR count). The third-order valence-corrected chi connectivity index (χ3v) is 4.92. The van der Waals surface area contributed by atoms with Gasteiger partial charge in [0.1, 0.15) is 17.8 Å². The molecule has 1 saturated heterocycles. The van der Waals surface area contributed by atoms with E-state index in [-0.39, 0.29) is 5.15 Å². The van der Waals surface area contributed by atoms with E-state index in [1.807, 2.05) is 0 Å². The number of carbonyl (C=O) groups is 3. The van der Waals surface area contributed by atoms with Crippen molar-refractivity contribution >= 4 is 35.1 Å². The summed E-state index contributed by atoms with van der Waals surface area (Å²) < 4.78 is 5.13. The second-order valence-corrected chi connectivity index (χ2v) is 6.56. The number of aromatic nitrogens is 1. The molecule has 4 amide bonds.